The normalized spacial score (nSPS) is 12.7. The smallest absolute Gasteiger partial charge is 0.357 e. The number of esters is 1. The Balaban J connectivity index is 1.49. The number of methoxy groups -OCH3 is 1. The molecule has 3 aromatic rings. The summed E-state index contributed by atoms with van der Waals surface area (Å²) in [6.07, 6.45) is -0.707. The van der Waals surface area contributed by atoms with Crippen LogP contribution in [0, 0.1) is 6.92 Å². The number of nitrogens with one attached hydrogen (secondary N) is 1. The van der Waals surface area contributed by atoms with Gasteiger partial charge in [-0.05, 0) is 73.9 Å². The van der Waals surface area contributed by atoms with E-state index in [0.29, 0.717) is 33.9 Å². The molecule has 0 aliphatic carbocycles. The summed E-state index contributed by atoms with van der Waals surface area (Å²) in [5.74, 6) is 14.4. The summed E-state index contributed by atoms with van der Waals surface area (Å²) >= 11 is 0. The first-order valence-electron chi connectivity index (χ1n) is 15.9. The number of hydrogen-bond acceptors (Lipinski definition) is 12. The molecule has 0 bridgehead atoms. The van der Waals surface area contributed by atoms with Gasteiger partial charge in [0.1, 0.15) is 13.0 Å². The van der Waals surface area contributed by atoms with Gasteiger partial charge < -0.3 is 24.7 Å². The molecule has 0 unspecified atom stereocenters. The first-order chi connectivity index (χ1) is 24.1. The lowest BCUT2D eigenvalue weighted by molar-refractivity contribution is -0.146. The van der Waals surface area contributed by atoms with E-state index in [1.54, 1.807) is 68.4 Å². The minimum absolute atomic E-state index is 0.0256. The van der Waals surface area contributed by atoms with Gasteiger partial charge in [-0.1, -0.05) is 30.3 Å². The van der Waals surface area contributed by atoms with Crippen molar-refractivity contribution in [3.05, 3.63) is 83.4 Å². The van der Waals surface area contributed by atoms with Gasteiger partial charge in [0, 0.05) is 30.9 Å². The number of fused-ring (bicyclic) bond motifs is 1. The Morgan fingerprint density at radius 3 is 2.25 bits per heavy atom. The summed E-state index contributed by atoms with van der Waals surface area (Å²) in [6.45, 7) is 4.89. The minimum Gasteiger partial charge on any atom is -0.469 e. The monoisotopic (exact) mass is 702 g/mol. The summed E-state index contributed by atoms with van der Waals surface area (Å²) in [5.41, 5.74) is 2.72. The van der Waals surface area contributed by atoms with Gasteiger partial charge in [0.2, 0.25) is 11.8 Å². The van der Waals surface area contributed by atoms with Gasteiger partial charge in [-0.25, -0.2) is 26.5 Å². The molecule has 0 spiro atoms. The fraction of sp³-hybridized carbons (Fsp3) is 0.314. The highest BCUT2D eigenvalue weighted by atomic mass is 16.7. The Labute approximate surface area is 294 Å². The second-order valence-electron chi connectivity index (χ2n) is 12.5. The zero-order valence-electron chi connectivity index (χ0n) is 28.9. The number of urea groups is 1. The first-order valence-corrected chi connectivity index (χ1v) is 15.9. The number of rotatable bonds is 12. The van der Waals surface area contributed by atoms with Crippen molar-refractivity contribution < 1.29 is 38.3 Å². The van der Waals surface area contributed by atoms with E-state index in [4.69, 9.17) is 17.6 Å². The average molecular weight is 703 g/mol. The fourth-order valence-corrected chi connectivity index (χ4v) is 5.44. The van der Waals surface area contributed by atoms with Gasteiger partial charge in [0.05, 0.1) is 30.4 Å². The predicted molar refractivity (Wildman–Crippen MR) is 189 cm³/mol. The maximum absolute atomic E-state index is 13.6. The third kappa shape index (κ3) is 9.24. The molecule has 51 heavy (non-hydrogen) atoms. The molecule has 3 aromatic carbocycles. The highest BCUT2D eigenvalue weighted by molar-refractivity contribution is 6.07. The molecular weight excluding hydrogens is 660 g/mol. The molecule has 1 aliphatic rings. The van der Waals surface area contributed by atoms with Crippen molar-refractivity contribution in [1.29, 1.82) is 0 Å². The van der Waals surface area contributed by atoms with Crippen LogP contribution in [-0.4, -0.2) is 66.2 Å². The Bertz CT molecular complexity index is 1810. The quantitative estimate of drug-likeness (QED) is 0.0701. The van der Waals surface area contributed by atoms with E-state index in [0.717, 1.165) is 22.7 Å². The highest BCUT2D eigenvalue weighted by Crippen LogP contribution is 2.31. The lowest BCUT2D eigenvalue weighted by Crippen LogP contribution is -2.51. The summed E-state index contributed by atoms with van der Waals surface area (Å²) < 4.78 is 4.63. The third-order valence-corrected chi connectivity index (χ3v) is 8.44. The molecule has 7 N–H and O–H groups in total. The SMILES string of the molecule is COC(=O)CC(=O)N1CC(=O)N(CCC(=O)ON)Cc2cc(NC(C)(C)C(=O)Cc3ccc(N(N)C(=O)N(N)c4ccccc4C)cc3)ccc21. The number of hydrogen-bond donors (Lipinski definition) is 4. The number of ketones is 1. The molecule has 270 valence electrons. The van der Waals surface area contributed by atoms with E-state index in [2.05, 4.69) is 14.9 Å². The molecule has 1 aliphatic heterocycles. The molecule has 0 radical (unpaired) electrons. The van der Waals surface area contributed by atoms with Crippen LogP contribution >= 0.6 is 0 Å². The number of hydrazine groups is 2. The van der Waals surface area contributed by atoms with E-state index in [1.165, 1.54) is 9.80 Å². The number of benzene rings is 3. The molecular formula is C35H42N8O8. The first kappa shape index (κ1) is 38.0. The van der Waals surface area contributed by atoms with E-state index < -0.39 is 41.7 Å². The van der Waals surface area contributed by atoms with E-state index in [9.17, 15) is 28.8 Å². The van der Waals surface area contributed by atoms with Crippen molar-refractivity contribution in [3.8, 4) is 0 Å². The van der Waals surface area contributed by atoms with Gasteiger partial charge in [-0.15, -0.1) is 0 Å². The summed E-state index contributed by atoms with van der Waals surface area (Å²) in [7, 11) is 1.16. The average Bonchev–Trinajstić information content (AvgIpc) is 3.25. The highest BCUT2D eigenvalue weighted by Gasteiger charge is 2.32. The molecule has 4 rings (SSSR count). The van der Waals surface area contributed by atoms with Crippen LogP contribution in [0.4, 0.5) is 27.5 Å². The predicted octanol–water partition coefficient (Wildman–Crippen LogP) is 2.22. The number of amides is 4. The van der Waals surface area contributed by atoms with E-state index in [-0.39, 0.29) is 38.3 Å². The number of carbonyl (C=O) groups is 6. The Morgan fingerprint density at radius 1 is 0.922 bits per heavy atom. The number of Topliss-reactive ketones (excluding diaryl/α,β-unsaturated/α-hetero) is 1. The number of nitrogens with zero attached hydrogens (tertiary/aromatic N) is 4. The largest absolute Gasteiger partial charge is 0.469 e. The molecule has 0 aromatic heterocycles. The number of aryl methyl sites for hydroxylation is 1. The molecule has 0 atom stereocenters. The number of carbonyl (C=O) groups excluding carboxylic acids is 6. The zero-order chi connectivity index (χ0) is 37.5. The zero-order valence-corrected chi connectivity index (χ0v) is 28.9. The van der Waals surface area contributed by atoms with Gasteiger partial charge in [-0.3, -0.25) is 24.0 Å². The summed E-state index contributed by atoms with van der Waals surface area (Å²) in [5, 5.41) is 5.13. The minimum atomic E-state index is -1.08. The maximum Gasteiger partial charge on any atom is 0.357 e. The van der Waals surface area contributed by atoms with Crippen molar-refractivity contribution >= 4 is 58.3 Å². The van der Waals surface area contributed by atoms with Gasteiger partial charge in [0.15, 0.2) is 5.78 Å². The lowest BCUT2D eigenvalue weighted by Gasteiger charge is -2.28. The molecule has 4 amide bonds. The molecule has 0 saturated heterocycles. The lowest BCUT2D eigenvalue weighted by atomic mass is 9.93. The Kier molecular flexibility index (Phi) is 12.1. The molecule has 1 heterocycles. The van der Waals surface area contributed by atoms with Crippen LogP contribution in [0.3, 0.4) is 0 Å². The van der Waals surface area contributed by atoms with Crippen LogP contribution < -0.4 is 37.8 Å². The van der Waals surface area contributed by atoms with E-state index >= 15 is 0 Å². The molecule has 16 nitrogen and oxygen atoms in total. The van der Waals surface area contributed by atoms with Gasteiger partial charge >= 0.3 is 18.0 Å². The summed E-state index contributed by atoms with van der Waals surface area (Å²) in [4.78, 5) is 83.1. The van der Waals surface area contributed by atoms with Crippen molar-refractivity contribution in [2.24, 2.45) is 17.6 Å². The van der Waals surface area contributed by atoms with Crippen LogP contribution in [0.2, 0.25) is 0 Å². The second-order valence-corrected chi connectivity index (χ2v) is 12.5. The third-order valence-electron chi connectivity index (χ3n) is 8.44. The van der Waals surface area contributed by atoms with Crippen molar-refractivity contribution in [2.45, 2.75) is 52.1 Å². The van der Waals surface area contributed by atoms with Crippen LogP contribution in [0.15, 0.2) is 66.7 Å². The van der Waals surface area contributed by atoms with Crippen LogP contribution in [-0.2, 0) is 46.5 Å². The summed E-state index contributed by atoms with van der Waals surface area (Å²) in [6, 6.07) is 18.1. The van der Waals surface area contributed by atoms with Crippen LogP contribution in [0.5, 0.6) is 0 Å². The van der Waals surface area contributed by atoms with Gasteiger partial charge in [-0.2, -0.15) is 5.90 Å². The number of ether oxygens (including phenoxy) is 1. The van der Waals surface area contributed by atoms with E-state index in [1.807, 2.05) is 19.1 Å². The van der Waals surface area contributed by atoms with Crippen LogP contribution in [0.25, 0.3) is 0 Å². The standard InChI is InChI=1S/C35H42N8O8/c1-22-7-5-6-8-27(22)43(37)34(49)42(36)26-12-9-23(10-13-26)17-29(44)35(2,3)39-25-11-14-28-24(18-25)20-40(16-15-32(47)51-38)31(46)21-41(28)30(45)19-33(48)50-4/h5-14,18,39H,15-17,19-21,36-38H2,1-4H3. The number of nitrogens with two attached hydrogens (primary N) is 3. The second kappa shape index (κ2) is 16.2. The maximum atomic E-state index is 13.6. The van der Waals surface area contributed by atoms with Crippen molar-refractivity contribution in [1.82, 2.24) is 4.90 Å². The van der Waals surface area contributed by atoms with Gasteiger partial charge in [0.25, 0.3) is 0 Å². The Morgan fingerprint density at radius 2 is 1.61 bits per heavy atom. The Hall–Kier alpha value is -5.84. The molecule has 16 heteroatoms. The van der Waals surface area contributed by atoms with Crippen molar-refractivity contribution in [2.75, 3.05) is 40.4 Å². The number of para-hydroxylation sites is 1. The topological polar surface area (TPSA) is 224 Å². The molecule has 0 saturated carbocycles. The molecule has 0 fully saturated rings. The fourth-order valence-electron chi connectivity index (χ4n) is 5.44. The van der Waals surface area contributed by atoms with Crippen LogP contribution in [0.1, 0.15) is 43.4 Å². The number of anilines is 4. The van der Waals surface area contributed by atoms with Crippen molar-refractivity contribution in [3.63, 3.8) is 0 Å².